The minimum absolute atomic E-state index is 0.218. The third-order valence-corrected chi connectivity index (χ3v) is 10.9. The smallest absolute Gasteiger partial charge is 0.00365 e. The van der Waals surface area contributed by atoms with Gasteiger partial charge in [-0.1, -0.05) is 129 Å². The molecule has 0 amide bonds. The van der Waals surface area contributed by atoms with Crippen molar-refractivity contribution in [2.75, 3.05) is 0 Å². The first-order chi connectivity index (χ1) is 19.5. The van der Waals surface area contributed by atoms with Crippen molar-refractivity contribution < 1.29 is 20.8 Å². The Labute approximate surface area is 272 Å². The summed E-state index contributed by atoms with van der Waals surface area (Å²) in [6.45, 7) is 12.0. The van der Waals surface area contributed by atoms with Crippen LogP contribution in [0.25, 0.3) is 5.20 Å². The monoisotopic (exact) mass is 698 g/mol. The predicted molar refractivity (Wildman–Crippen MR) is 180 cm³/mol. The average Bonchev–Trinajstić information content (AvgIpc) is 3.42. The fraction of sp³-hybridized carbons (Fsp3) is 0.200. The van der Waals surface area contributed by atoms with Crippen LogP contribution in [0.15, 0.2) is 103 Å². The Morgan fingerprint density at radius 2 is 1.20 bits per heavy atom. The summed E-state index contributed by atoms with van der Waals surface area (Å²) in [5, 5.41) is 4.28. The first-order valence-corrected chi connectivity index (χ1v) is 24.5. The number of hydrogen-bond acceptors (Lipinski definition) is 0. The molecule has 0 heterocycles. The molecular formula is C35H34Cl2Si3Zr. The van der Waals surface area contributed by atoms with Crippen molar-refractivity contribution in [1.29, 1.82) is 0 Å². The van der Waals surface area contributed by atoms with E-state index in [2.05, 4.69) is 169 Å². The number of hydrogen-bond donors (Lipinski definition) is 0. The largest absolute Gasteiger partial charge is 0.210 e. The molecule has 0 unspecified atom stereocenters. The van der Waals surface area contributed by atoms with Crippen LogP contribution < -0.4 is 5.22 Å². The van der Waals surface area contributed by atoms with E-state index in [1.165, 1.54) is 37.9 Å². The van der Waals surface area contributed by atoms with Gasteiger partial charge in [-0.15, -0.1) is 28.1 Å². The third kappa shape index (κ3) is 6.69. The molecule has 0 spiro atoms. The summed E-state index contributed by atoms with van der Waals surface area (Å²) < 4.78 is 0. The van der Waals surface area contributed by atoms with Crippen molar-refractivity contribution in [2.24, 2.45) is 5.41 Å². The molecule has 0 aromatic heterocycles. The molecule has 0 saturated carbocycles. The van der Waals surface area contributed by atoms with Gasteiger partial charge in [0.15, 0.2) is 0 Å². The molecule has 0 aliphatic heterocycles. The van der Waals surface area contributed by atoms with Crippen molar-refractivity contribution in [3.8, 4) is 0 Å². The van der Waals surface area contributed by atoms with Crippen LogP contribution in [0.1, 0.15) is 41.7 Å². The molecule has 0 atom stereocenters. The summed E-state index contributed by atoms with van der Waals surface area (Å²) >= 11 is -0.826. The van der Waals surface area contributed by atoms with E-state index in [4.69, 9.17) is 17.0 Å². The summed E-state index contributed by atoms with van der Waals surface area (Å²) in [5.41, 5.74) is 6.58. The van der Waals surface area contributed by atoms with Crippen molar-refractivity contribution in [3.05, 3.63) is 154 Å². The topological polar surface area (TPSA) is 0 Å². The molecule has 4 aromatic carbocycles. The maximum Gasteiger partial charge on any atom is -0.00365 e. The molecule has 2 aliphatic rings. The van der Waals surface area contributed by atoms with E-state index < -0.39 is 28.9 Å². The van der Waals surface area contributed by atoms with Crippen LogP contribution in [0.4, 0.5) is 0 Å². The number of fused-ring (bicyclic) bond motifs is 2. The molecule has 2 aliphatic carbocycles. The molecule has 6 rings (SSSR count). The second-order valence-electron chi connectivity index (χ2n) is 12.0. The van der Waals surface area contributed by atoms with Gasteiger partial charge in [0.1, 0.15) is 0 Å². The van der Waals surface area contributed by atoms with Crippen molar-refractivity contribution >= 4 is 55.2 Å². The van der Waals surface area contributed by atoms with Crippen molar-refractivity contribution in [1.82, 2.24) is 0 Å². The van der Waals surface area contributed by atoms with Crippen LogP contribution in [0.3, 0.4) is 0 Å². The second kappa shape index (κ2) is 13.4. The SMILES string of the molecule is CC1(C)[CH-]c2cccc(=[Si])c2=C1[Si](C)(C)C.[Cl][Zr+2][Cl].[Si]=C1[CH-]C(c2ccccc2)(c2ccccc2)c2ccccc21. The molecule has 6 heteroatoms. The van der Waals surface area contributed by atoms with Crippen LogP contribution in [-0.4, -0.2) is 33.0 Å². The van der Waals surface area contributed by atoms with E-state index in [0.29, 0.717) is 0 Å². The Hall–Kier alpha value is -1.53. The van der Waals surface area contributed by atoms with Gasteiger partial charge in [0.25, 0.3) is 0 Å². The molecule has 4 radical (unpaired) electrons. The summed E-state index contributed by atoms with van der Waals surface area (Å²) in [6.07, 6.45) is 4.75. The van der Waals surface area contributed by atoms with Gasteiger partial charge < -0.3 is 0 Å². The Kier molecular flexibility index (Phi) is 10.6. The zero-order chi connectivity index (χ0) is 29.8. The zero-order valence-corrected chi connectivity index (χ0v) is 31.2. The van der Waals surface area contributed by atoms with Gasteiger partial charge in [-0.05, 0) is 26.4 Å². The van der Waals surface area contributed by atoms with E-state index in [9.17, 15) is 0 Å². The molecule has 0 fully saturated rings. The minimum Gasteiger partial charge on any atom is -0.210 e. The van der Waals surface area contributed by atoms with Gasteiger partial charge in [-0.25, -0.2) is 11.6 Å². The van der Waals surface area contributed by atoms with E-state index in [-0.39, 0.29) is 10.8 Å². The Morgan fingerprint density at radius 1 is 0.683 bits per heavy atom. The average molecular weight is 701 g/mol. The van der Waals surface area contributed by atoms with Crippen molar-refractivity contribution in [3.63, 3.8) is 0 Å². The van der Waals surface area contributed by atoms with E-state index in [0.717, 1.165) is 5.17 Å². The Balaban J connectivity index is 0.000000180. The summed E-state index contributed by atoms with van der Waals surface area (Å²) in [7, 11) is 16.2. The normalized spacial score (nSPS) is 15.5. The first kappa shape index (κ1) is 32.4. The van der Waals surface area contributed by atoms with Crippen molar-refractivity contribution in [2.45, 2.75) is 38.9 Å². The number of benzene rings is 4. The van der Waals surface area contributed by atoms with Gasteiger partial charge in [0.2, 0.25) is 0 Å². The number of halogens is 2. The molecule has 0 saturated heterocycles. The van der Waals surface area contributed by atoms with E-state index in [1.807, 2.05) is 0 Å². The van der Waals surface area contributed by atoms with Gasteiger partial charge in [0.05, 0.1) is 8.07 Å². The summed E-state index contributed by atoms with van der Waals surface area (Å²) in [4.78, 5) is 1.25. The van der Waals surface area contributed by atoms with E-state index >= 15 is 0 Å². The second-order valence-corrected chi connectivity index (χ2v) is 21.8. The zero-order valence-electron chi connectivity index (χ0n) is 24.2. The standard InChI is InChI=1S/C21H15Si.C14H19Si2.2ClH.Zr/c22-20-15-21(16-9-3-1-4-10-16,17-11-5-2-6-12-17)19-14-8-7-13-18(19)20;1-14(2)9-10-7-6-8-11(15)12(10)13(14)16(3,4)5;;;/h1-15H;6-9H,1-5H3;2*1H;/q2*-1;;;+4/p-2. The predicted octanol–water partition coefficient (Wildman–Crippen LogP) is 8.03. The fourth-order valence-electron chi connectivity index (χ4n) is 6.57. The molecule has 4 aromatic rings. The molecule has 0 nitrogen and oxygen atoms in total. The minimum atomic E-state index is -1.29. The van der Waals surface area contributed by atoms with Crippen LogP contribution in [0, 0.1) is 23.1 Å². The maximum absolute atomic E-state index is 4.93. The fourth-order valence-corrected chi connectivity index (χ4v) is 10.5. The summed E-state index contributed by atoms with van der Waals surface area (Å²) in [5.74, 6) is 0. The van der Waals surface area contributed by atoms with Gasteiger partial charge in [-0.2, -0.15) is 23.6 Å². The molecule has 204 valence electrons. The van der Waals surface area contributed by atoms with Crippen LogP contribution in [0.2, 0.25) is 19.6 Å². The summed E-state index contributed by atoms with van der Waals surface area (Å²) in [6, 6.07) is 36.6. The Bertz CT molecular complexity index is 1590. The Morgan fingerprint density at radius 3 is 1.73 bits per heavy atom. The van der Waals surface area contributed by atoms with Crippen LogP contribution >= 0.6 is 17.0 Å². The first-order valence-electron chi connectivity index (χ1n) is 13.7. The molecule has 0 bridgehead atoms. The molecular weight excluding hydrogens is 667 g/mol. The van der Waals surface area contributed by atoms with Crippen LogP contribution in [0.5, 0.6) is 0 Å². The van der Waals surface area contributed by atoms with Gasteiger partial charge in [-0.3, -0.25) is 0 Å². The molecule has 0 N–H and O–H groups in total. The van der Waals surface area contributed by atoms with E-state index in [1.54, 1.807) is 5.20 Å². The maximum atomic E-state index is 4.93. The third-order valence-electron chi connectivity index (χ3n) is 7.72. The molecule has 41 heavy (non-hydrogen) atoms. The van der Waals surface area contributed by atoms with Gasteiger partial charge in [0, 0.05) is 9.85 Å². The van der Waals surface area contributed by atoms with Crippen LogP contribution in [-0.2, 0) is 26.3 Å². The quantitative estimate of drug-likeness (QED) is 0.150. The number of rotatable bonds is 3. The van der Waals surface area contributed by atoms with Gasteiger partial charge >= 0.3 is 37.9 Å².